The van der Waals surface area contributed by atoms with Crippen molar-refractivity contribution in [2.45, 2.75) is 45.1 Å². The van der Waals surface area contributed by atoms with Crippen molar-refractivity contribution in [2.75, 3.05) is 26.7 Å². The molecule has 0 aromatic heterocycles. The summed E-state index contributed by atoms with van der Waals surface area (Å²) in [7, 11) is 1.87. The summed E-state index contributed by atoms with van der Waals surface area (Å²) in [4.78, 5) is 2.55. The molecule has 1 fully saturated rings. The Morgan fingerprint density at radius 3 is 2.75 bits per heavy atom. The van der Waals surface area contributed by atoms with Crippen molar-refractivity contribution in [2.24, 2.45) is 5.92 Å². The number of hydrogen-bond acceptors (Lipinski definition) is 3. The average Bonchev–Trinajstić information content (AvgIpc) is 2.70. The molecule has 0 aromatic rings. The fourth-order valence-corrected chi connectivity index (χ4v) is 2.28. The highest BCUT2D eigenvalue weighted by Gasteiger charge is 2.21. The molecule has 3 nitrogen and oxygen atoms in total. The van der Waals surface area contributed by atoms with Gasteiger partial charge in [-0.25, -0.2) is 0 Å². The van der Waals surface area contributed by atoms with E-state index in [9.17, 15) is 0 Å². The second kappa shape index (κ2) is 6.22. The van der Waals surface area contributed by atoms with E-state index in [1.165, 1.54) is 32.5 Å². The smallest absolute Gasteiger partial charge is 0.103 e. The average molecular weight is 223 g/mol. The molecule has 1 aliphatic rings. The molecule has 0 aliphatic carbocycles. The number of rotatable bonds is 6. The standard InChI is InChI=1S/C13H25N3/c1-12-6-9-16(10-12)8-5-4-7-13(2,11-14)15-3/h12,15H,4-10H2,1-3H3. The van der Waals surface area contributed by atoms with Crippen LogP contribution in [0.15, 0.2) is 0 Å². The first-order valence-electron chi connectivity index (χ1n) is 6.42. The first-order valence-corrected chi connectivity index (χ1v) is 6.42. The van der Waals surface area contributed by atoms with Crippen LogP contribution < -0.4 is 5.32 Å². The molecule has 92 valence electrons. The van der Waals surface area contributed by atoms with E-state index >= 15 is 0 Å². The highest BCUT2D eigenvalue weighted by Crippen LogP contribution is 2.17. The Hall–Kier alpha value is -0.590. The molecular weight excluding hydrogens is 198 g/mol. The Balaban J connectivity index is 2.10. The maximum absolute atomic E-state index is 9.01. The van der Waals surface area contributed by atoms with Crippen LogP contribution in [0.4, 0.5) is 0 Å². The number of nitrogens with zero attached hydrogens (tertiary/aromatic N) is 2. The van der Waals surface area contributed by atoms with Crippen LogP contribution in [0, 0.1) is 17.2 Å². The molecule has 0 radical (unpaired) electrons. The number of nitriles is 1. The van der Waals surface area contributed by atoms with Crippen molar-refractivity contribution in [3.63, 3.8) is 0 Å². The zero-order valence-corrected chi connectivity index (χ0v) is 10.9. The first-order chi connectivity index (χ1) is 7.59. The minimum absolute atomic E-state index is 0.335. The van der Waals surface area contributed by atoms with Crippen molar-refractivity contribution in [1.29, 1.82) is 5.26 Å². The number of hydrogen-bond donors (Lipinski definition) is 1. The molecule has 0 spiro atoms. The SMILES string of the molecule is CNC(C)(C#N)CCCCN1CCC(C)C1. The normalized spacial score (nSPS) is 25.2. The van der Waals surface area contributed by atoms with Gasteiger partial charge in [-0.3, -0.25) is 0 Å². The Kier molecular flexibility index (Phi) is 5.24. The molecular formula is C13H25N3. The van der Waals surface area contributed by atoms with Gasteiger partial charge in [-0.2, -0.15) is 5.26 Å². The van der Waals surface area contributed by atoms with Gasteiger partial charge in [0.25, 0.3) is 0 Å². The Labute approximate surface area is 99.8 Å². The zero-order valence-electron chi connectivity index (χ0n) is 10.9. The zero-order chi connectivity index (χ0) is 12.0. The van der Waals surface area contributed by atoms with Crippen LogP contribution in [0.5, 0.6) is 0 Å². The Morgan fingerprint density at radius 1 is 1.50 bits per heavy atom. The van der Waals surface area contributed by atoms with E-state index in [4.69, 9.17) is 5.26 Å². The topological polar surface area (TPSA) is 39.1 Å². The molecule has 1 heterocycles. The third-order valence-electron chi connectivity index (χ3n) is 3.71. The summed E-state index contributed by atoms with van der Waals surface area (Å²) in [5.41, 5.74) is -0.335. The predicted molar refractivity (Wildman–Crippen MR) is 67.1 cm³/mol. The van der Waals surface area contributed by atoms with Crippen LogP contribution in [-0.4, -0.2) is 37.1 Å². The quantitative estimate of drug-likeness (QED) is 0.700. The van der Waals surface area contributed by atoms with E-state index in [0.717, 1.165) is 18.8 Å². The summed E-state index contributed by atoms with van der Waals surface area (Å²) < 4.78 is 0. The summed E-state index contributed by atoms with van der Waals surface area (Å²) in [6.07, 6.45) is 4.65. The van der Waals surface area contributed by atoms with Crippen molar-refractivity contribution in [3.8, 4) is 6.07 Å². The van der Waals surface area contributed by atoms with Gasteiger partial charge in [-0.05, 0) is 58.7 Å². The summed E-state index contributed by atoms with van der Waals surface area (Å²) in [6, 6.07) is 2.34. The van der Waals surface area contributed by atoms with Crippen LogP contribution >= 0.6 is 0 Å². The molecule has 3 heteroatoms. The van der Waals surface area contributed by atoms with E-state index < -0.39 is 0 Å². The lowest BCUT2D eigenvalue weighted by molar-refractivity contribution is 0.311. The van der Waals surface area contributed by atoms with Gasteiger partial charge in [-0.15, -0.1) is 0 Å². The molecule has 0 saturated carbocycles. The maximum atomic E-state index is 9.01. The number of unbranched alkanes of at least 4 members (excludes halogenated alkanes) is 1. The molecule has 1 saturated heterocycles. The second-order valence-corrected chi connectivity index (χ2v) is 5.35. The van der Waals surface area contributed by atoms with Gasteiger partial charge in [0.05, 0.1) is 6.07 Å². The molecule has 0 bridgehead atoms. The number of likely N-dealkylation sites (tertiary alicyclic amines) is 1. The molecule has 1 N–H and O–H groups in total. The predicted octanol–water partition coefficient (Wildman–Crippen LogP) is 2.00. The monoisotopic (exact) mass is 223 g/mol. The Morgan fingerprint density at radius 2 is 2.25 bits per heavy atom. The molecule has 1 rings (SSSR count). The van der Waals surface area contributed by atoms with E-state index in [1.54, 1.807) is 0 Å². The maximum Gasteiger partial charge on any atom is 0.103 e. The van der Waals surface area contributed by atoms with Gasteiger partial charge in [0.2, 0.25) is 0 Å². The summed E-state index contributed by atoms with van der Waals surface area (Å²) in [5.74, 6) is 0.877. The first kappa shape index (κ1) is 13.5. The highest BCUT2D eigenvalue weighted by atomic mass is 15.1. The third kappa shape index (κ3) is 4.11. The van der Waals surface area contributed by atoms with Gasteiger partial charge in [0.15, 0.2) is 0 Å². The third-order valence-corrected chi connectivity index (χ3v) is 3.71. The fourth-order valence-electron chi connectivity index (χ4n) is 2.28. The van der Waals surface area contributed by atoms with Crippen molar-refractivity contribution in [3.05, 3.63) is 0 Å². The summed E-state index contributed by atoms with van der Waals surface area (Å²) in [6.45, 7) is 8.04. The van der Waals surface area contributed by atoms with Gasteiger partial charge in [0, 0.05) is 6.54 Å². The molecule has 0 aromatic carbocycles. The van der Waals surface area contributed by atoms with Gasteiger partial charge in [-0.1, -0.05) is 6.92 Å². The van der Waals surface area contributed by atoms with Crippen LogP contribution in [0.3, 0.4) is 0 Å². The minimum Gasteiger partial charge on any atom is -0.303 e. The summed E-state index contributed by atoms with van der Waals surface area (Å²) >= 11 is 0. The minimum atomic E-state index is -0.335. The van der Waals surface area contributed by atoms with E-state index in [-0.39, 0.29) is 5.54 Å². The van der Waals surface area contributed by atoms with E-state index in [1.807, 2.05) is 14.0 Å². The van der Waals surface area contributed by atoms with Gasteiger partial charge >= 0.3 is 0 Å². The van der Waals surface area contributed by atoms with E-state index in [0.29, 0.717) is 0 Å². The lowest BCUT2D eigenvalue weighted by Gasteiger charge is -2.21. The number of nitrogens with one attached hydrogen (secondary N) is 1. The van der Waals surface area contributed by atoms with Crippen molar-refractivity contribution in [1.82, 2.24) is 10.2 Å². The largest absolute Gasteiger partial charge is 0.303 e. The van der Waals surface area contributed by atoms with Gasteiger partial charge < -0.3 is 10.2 Å². The second-order valence-electron chi connectivity index (χ2n) is 5.35. The van der Waals surface area contributed by atoms with Crippen LogP contribution in [0.25, 0.3) is 0 Å². The molecule has 1 aliphatic heterocycles. The fraction of sp³-hybridized carbons (Fsp3) is 0.923. The summed E-state index contributed by atoms with van der Waals surface area (Å²) in [5, 5.41) is 12.1. The molecule has 2 unspecified atom stereocenters. The lowest BCUT2D eigenvalue weighted by Crippen LogP contribution is -2.38. The van der Waals surface area contributed by atoms with Crippen molar-refractivity contribution < 1.29 is 0 Å². The highest BCUT2D eigenvalue weighted by molar-refractivity contribution is 5.02. The van der Waals surface area contributed by atoms with Crippen LogP contribution in [-0.2, 0) is 0 Å². The van der Waals surface area contributed by atoms with Crippen LogP contribution in [0.2, 0.25) is 0 Å². The van der Waals surface area contributed by atoms with E-state index in [2.05, 4.69) is 23.2 Å². The lowest BCUT2D eigenvalue weighted by atomic mass is 9.97. The molecule has 2 atom stereocenters. The van der Waals surface area contributed by atoms with Gasteiger partial charge in [0.1, 0.15) is 5.54 Å². The molecule has 0 amide bonds. The Bertz CT molecular complexity index is 246. The van der Waals surface area contributed by atoms with Crippen LogP contribution in [0.1, 0.15) is 39.5 Å². The molecule has 16 heavy (non-hydrogen) atoms. The van der Waals surface area contributed by atoms with Crippen molar-refractivity contribution >= 4 is 0 Å².